The van der Waals surface area contributed by atoms with Gasteiger partial charge in [-0.05, 0) is 23.8 Å². The van der Waals surface area contributed by atoms with E-state index in [9.17, 15) is 9.59 Å². The SMILES string of the molecule is CC(=O)Nc1ccc(CNC(=O)c2ccncc2Cl)cc1. The molecule has 1 aromatic heterocycles. The van der Waals surface area contributed by atoms with Crippen molar-refractivity contribution in [2.45, 2.75) is 13.5 Å². The Morgan fingerprint density at radius 2 is 1.90 bits per heavy atom. The largest absolute Gasteiger partial charge is 0.348 e. The minimum absolute atomic E-state index is 0.122. The molecule has 0 aliphatic carbocycles. The van der Waals surface area contributed by atoms with E-state index in [4.69, 9.17) is 11.6 Å². The highest BCUT2D eigenvalue weighted by atomic mass is 35.5. The molecule has 108 valence electrons. The van der Waals surface area contributed by atoms with Gasteiger partial charge in [0.15, 0.2) is 0 Å². The molecule has 0 saturated carbocycles. The van der Waals surface area contributed by atoms with Gasteiger partial charge in [0.1, 0.15) is 0 Å². The first-order chi connectivity index (χ1) is 10.1. The minimum atomic E-state index is -0.256. The van der Waals surface area contributed by atoms with Crippen LogP contribution in [0.5, 0.6) is 0 Å². The highest BCUT2D eigenvalue weighted by Crippen LogP contribution is 2.14. The van der Waals surface area contributed by atoms with Gasteiger partial charge >= 0.3 is 0 Å². The molecule has 2 rings (SSSR count). The highest BCUT2D eigenvalue weighted by Gasteiger charge is 2.09. The van der Waals surface area contributed by atoms with E-state index in [0.717, 1.165) is 11.3 Å². The average Bonchev–Trinajstić information content (AvgIpc) is 2.46. The molecular formula is C15H14ClN3O2. The molecule has 0 aliphatic rings. The average molecular weight is 304 g/mol. The van der Waals surface area contributed by atoms with Gasteiger partial charge in [0.25, 0.3) is 5.91 Å². The Bertz CT molecular complexity index is 656. The van der Waals surface area contributed by atoms with Crippen LogP contribution in [0.1, 0.15) is 22.8 Å². The number of anilines is 1. The van der Waals surface area contributed by atoms with Gasteiger partial charge in [0.2, 0.25) is 5.91 Å². The molecular weight excluding hydrogens is 290 g/mol. The van der Waals surface area contributed by atoms with Gasteiger partial charge in [0, 0.05) is 31.5 Å². The van der Waals surface area contributed by atoms with Crippen molar-refractivity contribution in [3.05, 3.63) is 58.9 Å². The Morgan fingerprint density at radius 1 is 1.19 bits per heavy atom. The van der Waals surface area contributed by atoms with Gasteiger partial charge in [-0.1, -0.05) is 23.7 Å². The van der Waals surface area contributed by atoms with E-state index in [1.807, 2.05) is 12.1 Å². The van der Waals surface area contributed by atoms with Gasteiger partial charge in [-0.3, -0.25) is 14.6 Å². The predicted octanol–water partition coefficient (Wildman–Crippen LogP) is 2.62. The quantitative estimate of drug-likeness (QED) is 0.912. The zero-order chi connectivity index (χ0) is 15.2. The number of hydrogen-bond acceptors (Lipinski definition) is 3. The molecule has 6 heteroatoms. The van der Waals surface area contributed by atoms with Crippen LogP contribution >= 0.6 is 11.6 Å². The second kappa shape index (κ2) is 6.85. The van der Waals surface area contributed by atoms with Gasteiger partial charge in [-0.15, -0.1) is 0 Å². The van der Waals surface area contributed by atoms with Crippen molar-refractivity contribution in [1.29, 1.82) is 0 Å². The first-order valence-corrected chi connectivity index (χ1v) is 6.68. The molecule has 2 N–H and O–H groups in total. The van der Waals surface area contributed by atoms with Crippen molar-refractivity contribution in [2.24, 2.45) is 0 Å². The van der Waals surface area contributed by atoms with E-state index >= 15 is 0 Å². The van der Waals surface area contributed by atoms with Crippen molar-refractivity contribution in [3.8, 4) is 0 Å². The van der Waals surface area contributed by atoms with E-state index < -0.39 is 0 Å². The lowest BCUT2D eigenvalue weighted by Crippen LogP contribution is -2.23. The Hall–Kier alpha value is -2.40. The summed E-state index contributed by atoms with van der Waals surface area (Å²) >= 11 is 5.91. The van der Waals surface area contributed by atoms with Crippen LogP contribution in [-0.2, 0) is 11.3 Å². The molecule has 1 heterocycles. The van der Waals surface area contributed by atoms with Crippen molar-refractivity contribution < 1.29 is 9.59 Å². The van der Waals surface area contributed by atoms with Crippen molar-refractivity contribution >= 4 is 29.1 Å². The topological polar surface area (TPSA) is 71.1 Å². The zero-order valence-corrected chi connectivity index (χ0v) is 12.1. The van der Waals surface area contributed by atoms with Gasteiger partial charge in [-0.2, -0.15) is 0 Å². The van der Waals surface area contributed by atoms with Crippen LogP contribution in [0.15, 0.2) is 42.7 Å². The molecule has 2 amide bonds. The van der Waals surface area contributed by atoms with Crippen LogP contribution in [0, 0.1) is 0 Å². The summed E-state index contributed by atoms with van der Waals surface area (Å²) in [6.45, 7) is 1.82. The maximum absolute atomic E-state index is 12.0. The molecule has 5 nitrogen and oxygen atoms in total. The predicted molar refractivity (Wildman–Crippen MR) is 81.2 cm³/mol. The standard InChI is InChI=1S/C15H14ClN3O2/c1-10(20)19-12-4-2-11(3-5-12)8-18-15(21)13-6-7-17-9-14(13)16/h2-7,9H,8H2,1H3,(H,18,21)(H,19,20). The summed E-state index contributed by atoms with van der Waals surface area (Å²) in [5, 5.41) is 5.77. The lowest BCUT2D eigenvalue weighted by Gasteiger charge is -2.07. The lowest BCUT2D eigenvalue weighted by molar-refractivity contribution is -0.114. The number of halogens is 1. The highest BCUT2D eigenvalue weighted by molar-refractivity contribution is 6.33. The first-order valence-electron chi connectivity index (χ1n) is 6.30. The molecule has 0 radical (unpaired) electrons. The summed E-state index contributed by atoms with van der Waals surface area (Å²) in [6.07, 6.45) is 2.95. The third kappa shape index (κ3) is 4.29. The fourth-order valence-corrected chi connectivity index (χ4v) is 1.95. The van der Waals surface area contributed by atoms with Gasteiger partial charge < -0.3 is 10.6 Å². The smallest absolute Gasteiger partial charge is 0.253 e. The molecule has 0 atom stereocenters. The molecule has 1 aromatic carbocycles. The van der Waals surface area contributed by atoms with Gasteiger partial charge in [0.05, 0.1) is 10.6 Å². The maximum Gasteiger partial charge on any atom is 0.253 e. The summed E-state index contributed by atoms with van der Waals surface area (Å²) < 4.78 is 0. The third-order valence-corrected chi connectivity index (χ3v) is 3.05. The van der Waals surface area contributed by atoms with E-state index in [2.05, 4.69) is 15.6 Å². The molecule has 0 aliphatic heterocycles. The summed E-state index contributed by atoms with van der Waals surface area (Å²) in [4.78, 5) is 26.7. The monoisotopic (exact) mass is 303 g/mol. The molecule has 0 bridgehead atoms. The van der Waals surface area contributed by atoms with E-state index in [1.54, 1.807) is 18.2 Å². The van der Waals surface area contributed by atoms with E-state index in [0.29, 0.717) is 17.1 Å². The first kappa shape index (κ1) is 15.0. The number of aromatic nitrogens is 1. The van der Waals surface area contributed by atoms with Gasteiger partial charge in [-0.25, -0.2) is 0 Å². The fraction of sp³-hybridized carbons (Fsp3) is 0.133. The second-order valence-corrected chi connectivity index (χ2v) is 4.82. The van der Waals surface area contributed by atoms with Crippen LogP contribution in [-0.4, -0.2) is 16.8 Å². The maximum atomic E-state index is 12.0. The summed E-state index contributed by atoms with van der Waals surface area (Å²) in [7, 11) is 0. The minimum Gasteiger partial charge on any atom is -0.348 e. The Kier molecular flexibility index (Phi) is 4.90. The Labute approximate surface area is 127 Å². The fourth-order valence-electron chi connectivity index (χ4n) is 1.75. The van der Waals surface area contributed by atoms with Crippen LogP contribution in [0.3, 0.4) is 0 Å². The zero-order valence-electron chi connectivity index (χ0n) is 11.4. The molecule has 0 fully saturated rings. The number of carbonyl (C=O) groups is 2. The van der Waals surface area contributed by atoms with E-state index in [-0.39, 0.29) is 11.8 Å². The number of pyridine rings is 1. The summed E-state index contributed by atoms with van der Waals surface area (Å²) in [5.74, 6) is -0.378. The van der Waals surface area contributed by atoms with Crippen molar-refractivity contribution in [2.75, 3.05) is 5.32 Å². The number of hydrogen-bond donors (Lipinski definition) is 2. The van der Waals surface area contributed by atoms with Crippen LogP contribution in [0.2, 0.25) is 5.02 Å². The van der Waals surface area contributed by atoms with Crippen LogP contribution in [0.4, 0.5) is 5.69 Å². The van der Waals surface area contributed by atoms with Crippen LogP contribution in [0.25, 0.3) is 0 Å². The van der Waals surface area contributed by atoms with E-state index in [1.165, 1.54) is 19.3 Å². The number of nitrogens with one attached hydrogen (secondary N) is 2. The summed E-state index contributed by atoms with van der Waals surface area (Å²) in [6, 6.07) is 8.79. The third-order valence-electron chi connectivity index (χ3n) is 2.74. The number of nitrogens with zero attached hydrogens (tertiary/aromatic N) is 1. The lowest BCUT2D eigenvalue weighted by atomic mass is 10.2. The molecule has 0 unspecified atom stereocenters. The number of benzene rings is 1. The van der Waals surface area contributed by atoms with Crippen molar-refractivity contribution in [1.82, 2.24) is 10.3 Å². The Balaban J connectivity index is 1.95. The number of amides is 2. The molecule has 2 aromatic rings. The molecule has 0 spiro atoms. The second-order valence-electron chi connectivity index (χ2n) is 4.42. The Morgan fingerprint density at radius 3 is 2.52 bits per heavy atom. The van der Waals surface area contributed by atoms with Crippen molar-refractivity contribution in [3.63, 3.8) is 0 Å². The normalized spacial score (nSPS) is 10.0. The molecule has 21 heavy (non-hydrogen) atoms. The summed E-state index contributed by atoms with van der Waals surface area (Å²) in [5.41, 5.74) is 2.03. The number of carbonyl (C=O) groups excluding carboxylic acids is 2. The number of rotatable bonds is 4. The van der Waals surface area contributed by atoms with Crippen LogP contribution < -0.4 is 10.6 Å². The molecule has 0 saturated heterocycles.